The van der Waals surface area contributed by atoms with E-state index in [1.807, 2.05) is 4.90 Å². The Hall–Kier alpha value is -2.18. The smallest absolute Gasteiger partial charge is 0.243 e. The number of fused-ring (bicyclic) bond motifs is 2. The number of imide groups is 1. The molecule has 2 amide bonds. The number of nitrogens with zero attached hydrogens (tertiary/aromatic N) is 2. The summed E-state index contributed by atoms with van der Waals surface area (Å²) in [5.41, 5.74) is 4.09. The molecule has 2 aliphatic heterocycles. The first kappa shape index (κ1) is 16.0. The monoisotopic (exact) mass is 352 g/mol. The van der Waals surface area contributed by atoms with Crippen molar-refractivity contribution in [3.05, 3.63) is 35.5 Å². The zero-order chi connectivity index (χ0) is 17.8. The summed E-state index contributed by atoms with van der Waals surface area (Å²) in [5.74, 6) is 0.764. The quantitative estimate of drug-likeness (QED) is 0.794. The molecule has 3 atom stereocenters. The third-order valence-electron chi connectivity index (χ3n) is 6.38. The second-order valence-corrected chi connectivity index (χ2v) is 8.03. The van der Waals surface area contributed by atoms with Gasteiger partial charge in [-0.1, -0.05) is 12.1 Å². The van der Waals surface area contributed by atoms with Crippen LogP contribution < -0.4 is 5.32 Å². The molecular formula is C20H24N4O2. The predicted molar refractivity (Wildman–Crippen MR) is 98.9 cm³/mol. The third kappa shape index (κ3) is 2.47. The van der Waals surface area contributed by atoms with Gasteiger partial charge in [-0.05, 0) is 42.5 Å². The predicted octanol–water partition coefficient (Wildman–Crippen LogP) is 1.09. The van der Waals surface area contributed by atoms with Crippen LogP contribution in [0.2, 0.25) is 0 Å². The van der Waals surface area contributed by atoms with Crippen LogP contribution in [-0.2, 0) is 16.0 Å². The Morgan fingerprint density at radius 2 is 2.00 bits per heavy atom. The summed E-state index contributed by atoms with van der Waals surface area (Å²) in [5, 5.41) is 5.15. The van der Waals surface area contributed by atoms with Gasteiger partial charge >= 0.3 is 0 Å². The summed E-state index contributed by atoms with van der Waals surface area (Å²) in [6, 6.07) is 7.04. The van der Waals surface area contributed by atoms with Crippen LogP contribution in [0.15, 0.2) is 24.4 Å². The summed E-state index contributed by atoms with van der Waals surface area (Å²) < 4.78 is 0. The van der Waals surface area contributed by atoms with Gasteiger partial charge in [0.15, 0.2) is 0 Å². The number of carbonyl (C=O) groups is 2. The zero-order valence-corrected chi connectivity index (χ0v) is 15.0. The number of aromatic nitrogens is 1. The standard InChI is InChI=1S/C20H24N4O2/c1-23-18(25)10-24(11-19(23)26)9-12-5-15-14-3-2-4-16-20(14)13(8-22-16)6-17(15)21-7-12/h2-4,8,12,15,17,21-22H,5-7,9-11H2,1H3/t12?,15-,17-/m1/s1. The van der Waals surface area contributed by atoms with E-state index in [9.17, 15) is 9.59 Å². The normalized spacial score (nSPS) is 29.3. The van der Waals surface area contributed by atoms with Gasteiger partial charge in [-0.15, -0.1) is 0 Å². The molecule has 2 aromatic rings. The Morgan fingerprint density at radius 1 is 1.19 bits per heavy atom. The first-order valence-corrected chi connectivity index (χ1v) is 9.44. The molecule has 2 saturated heterocycles. The molecule has 1 aromatic carbocycles. The number of hydrogen-bond acceptors (Lipinski definition) is 4. The van der Waals surface area contributed by atoms with Gasteiger partial charge in [0.1, 0.15) is 0 Å². The molecule has 0 spiro atoms. The van der Waals surface area contributed by atoms with E-state index in [1.165, 1.54) is 26.9 Å². The number of aromatic amines is 1. The van der Waals surface area contributed by atoms with Gasteiger partial charge < -0.3 is 10.3 Å². The first-order chi connectivity index (χ1) is 12.6. The second-order valence-electron chi connectivity index (χ2n) is 8.03. The second kappa shape index (κ2) is 5.93. The minimum atomic E-state index is -0.0951. The van der Waals surface area contributed by atoms with Gasteiger partial charge in [0.25, 0.3) is 0 Å². The summed E-state index contributed by atoms with van der Waals surface area (Å²) in [7, 11) is 1.58. The van der Waals surface area contributed by atoms with Crippen molar-refractivity contribution in [1.82, 2.24) is 20.1 Å². The maximum Gasteiger partial charge on any atom is 0.243 e. The Kier molecular flexibility index (Phi) is 3.65. The van der Waals surface area contributed by atoms with Gasteiger partial charge in [0, 0.05) is 42.7 Å². The lowest BCUT2D eigenvalue weighted by atomic mass is 9.73. The molecule has 0 saturated carbocycles. The number of hydrogen-bond donors (Lipinski definition) is 2. The number of rotatable bonds is 2. The average Bonchev–Trinajstić information content (AvgIpc) is 3.05. The molecule has 0 bridgehead atoms. The minimum absolute atomic E-state index is 0.0951. The van der Waals surface area contributed by atoms with Crippen LogP contribution in [0.1, 0.15) is 23.5 Å². The maximum absolute atomic E-state index is 12.0. The van der Waals surface area contributed by atoms with Crippen molar-refractivity contribution < 1.29 is 9.59 Å². The number of H-pyrrole nitrogens is 1. The Bertz CT molecular complexity index is 871. The average molecular weight is 352 g/mol. The molecule has 6 nitrogen and oxygen atoms in total. The van der Waals surface area contributed by atoms with Crippen LogP contribution in [0.25, 0.3) is 10.9 Å². The van der Waals surface area contributed by atoms with E-state index in [2.05, 4.69) is 34.7 Å². The highest BCUT2D eigenvalue weighted by molar-refractivity contribution is 5.99. The van der Waals surface area contributed by atoms with Gasteiger partial charge in [0.05, 0.1) is 13.1 Å². The number of amides is 2. The Morgan fingerprint density at radius 3 is 2.81 bits per heavy atom. The highest BCUT2D eigenvalue weighted by Gasteiger charge is 2.37. The number of likely N-dealkylation sites (N-methyl/N-ethyl adjacent to an activating group) is 1. The van der Waals surface area contributed by atoms with Gasteiger partial charge in [-0.2, -0.15) is 0 Å². The summed E-state index contributed by atoms with van der Waals surface area (Å²) >= 11 is 0. The van der Waals surface area contributed by atoms with E-state index < -0.39 is 0 Å². The largest absolute Gasteiger partial charge is 0.361 e. The molecule has 5 rings (SSSR count). The van der Waals surface area contributed by atoms with E-state index >= 15 is 0 Å². The summed E-state index contributed by atoms with van der Waals surface area (Å²) in [6.07, 6.45) is 4.33. The highest BCUT2D eigenvalue weighted by atomic mass is 16.2. The lowest BCUT2D eigenvalue weighted by Gasteiger charge is -2.42. The minimum Gasteiger partial charge on any atom is -0.361 e. The van der Waals surface area contributed by atoms with Crippen LogP contribution in [-0.4, -0.2) is 65.9 Å². The molecule has 2 N–H and O–H groups in total. The van der Waals surface area contributed by atoms with Crippen molar-refractivity contribution in [1.29, 1.82) is 0 Å². The van der Waals surface area contributed by atoms with Crippen molar-refractivity contribution in [2.75, 3.05) is 33.2 Å². The Balaban J connectivity index is 1.35. The van der Waals surface area contributed by atoms with E-state index in [-0.39, 0.29) is 11.8 Å². The highest BCUT2D eigenvalue weighted by Crippen LogP contribution is 2.41. The van der Waals surface area contributed by atoms with E-state index in [4.69, 9.17) is 0 Å². The summed E-state index contributed by atoms with van der Waals surface area (Å²) in [4.78, 5) is 30.6. The third-order valence-corrected chi connectivity index (χ3v) is 6.38. The van der Waals surface area contributed by atoms with Crippen LogP contribution >= 0.6 is 0 Å². The lowest BCUT2D eigenvalue weighted by molar-refractivity contribution is -0.149. The summed E-state index contributed by atoms with van der Waals surface area (Å²) in [6.45, 7) is 2.46. The zero-order valence-electron chi connectivity index (χ0n) is 15.0. The fraction of sp³-hybridized carbons (Fsp3) is 0.500. The molecule has 1 aromatic heterocycles. The number of piperazine rings is 1. The number of nitrogens with one attached hydrogen (secondary N) is 2. The molecule has 6 heteroatoms. The number of benzene rings is 1. The van der Waals surface area contributed by atoms with Crippen molar-refractivity contribution in [2.45, 2.75) is 24.8 Å². The van der Waals surface area contributed by atoms with Crippen LogP contribution in [0.4, 0.5) is 0 Å². The Labute approximate surface area is 152 Å². The fourth-order valence-electron chi connectivity index (χ4n) is 5.04. The van der Waals surface area contributed by atoms with Crippen molar-refractivity contribution in [3.63, 3.8) is 0 Å². The van der Waals surface area contributed by atoms with Crippen molar-refractivity contribution in [2.24, 2.45) is 5.92 Å². The van der Waals surface area contributed by atoms with Crippen LogP contribution in [0, 0.1) is 5.92 Å². The molecule has 3 aliphatic rings. The molecule has 3 heterocycles. The van der Waals surface area contributed by atoms with Crippen LogP contribution in [0.5, 0.6) is 0 Å². The fourth-order valence-corrected chi connectivity index (χ4v) is 5.04. The van der Waals surface area contributed by atoms with Gasteiger partial charge in [0.2, 0.25) is 11.8 Å². The molecule has 1 unspecified atom stereocenters. The van der Waals surface area contributed by atoms with E-state index in [0.717, 1.165) is 25.9 Å². The first-order valence-electron chi connectivity index (χ1n) is 9.44. The lowest BCUT2D eigenvalue weighted by Crippen LogP contribution is -2.55. The van der Waals surface area contributed by atoms with E-state index in [1.54, 1.807) is 7.05 Å². The molecule has 1 aliphatic carbocycles. The molecule has 26 heavy (non-hydrogen) atoms. The van der Waals surface area contributed by atoms with Gasteiger partial charge in [-0.3, -0.25) is 19.4 Å². The van der Waals surface area contributed by atoms with Crippen molar-refractivity contribution >= 4 is 22.7 Å². The maximum atomic E-state index is 12.0. The van der Waals surface area contributed by atoms with E-state index in [0.29, 0.717) is 31.0 Å². The van der Waals surface area contributed by atoms with Gasteiger partial charge in [-0.25, -0.2) is 0 Å². The van der Waals surface area contributed by atoms with Crippen molar-refractivity contribution in [3.8, 4) is 0 Å². The molecule has 2 fully saturated rings. The van der Waals surface area contributed by atoms with Crippen LogP contribution in [0.3, 0.4) is 0 Å². The molecule has 136 valence electrons. The molecular weight excluding hydrogens is 328 g/mol. The number of piperidine rings is 1. The topological polar surface area (TPSA) is 68.4 Å². The SMILES string of the molecule is CN1C(=O)CN(CC2CN[C@@H]3Cc4c[nH]c5cccc(c45)[C@H]3C2)CC1=O. The molecule has 0 radical (unpaired) electrons. The number of carbonyl (C=O) groups excluding carboxylic acids is 2.